The van der Waals surface area contributed by atoms with Gasteiger partial charge in [-0.1, -0.05) is 0 Å². The van der Waals surface area contributed by atoms with E-state index in [0.717, 1.165) is 0 Å². The summed E-state index contributed by atoms with van der Waals surface area (Å²) in [7, 11) is 0. The van der Waals surface area contributed by atoms with Crippen LogP contribution < -0.4 is 0 Å². The Morgan fingerprint density at radius 3 is 2.40 bits per heavy atom. The number of rotatable bonds is 2. The van der Waals surface area contributed by atoms with Crippen molar-refractivity contribution in [2.45, 2.75) is 6.42 Å². The summed E-state index contributed by atoms with van der Waals surface area (Å²) in [4.78, 5) is 9.24. The van der Waals surface area contributed by atoms with E-state index >= 15 is 0 Å². The molecule has 0 rings (SSSR count). The fraction of sp³-hybridized carbons (Fsp3) is 0.667. The van der Waals surface area contributed by atoms with Crippen LogP contribution in [0, 0.1) is 0 Å². The lowest BCUT2D eigenvalue weighted by molar-refractivity contribution is -0.108. The van der Waals surface area contributed by atoms with E-state index in [0.29, 0.717) is 6.29 Å². The van der Waals surface area contributed by atoms with Crippen molar-refractivity contribution >= 4 is 6.29 Å². The number of aliphatic hydroxyl groups is 1. The Bertz CT molecular complexity index is 26.1. The third-order valence-corrected chi connectivity index (χ3v) is 0.247. The Morgan fingerprint density at radius 2 is 2.40 bits per heavy atom. The molecule has 5 heavy (non-hydrogen) atoms. The fourth-order valence-electron chi connectivity index (χ4n) is 0.0527. The van der Waals surface area contributed by atoms with Crippen LogP contribution in [0.2, 0.25) is 0 Å². The highest BCUT2D eigenvalue weighted by Crippen LogP contribution is 1.58. The Balaban J connectivity index is 2.40. The molecule has 0 aliphatic carbocycles. The molecule has 0 radical (unpaired) electrons. The van der Waals surface area contributed by atoms with Gasteiger partial charge in [0.2, 0.25) is 0 Å². The van der Waals surface area contributed by atoms with Crippen LogP contribution in [0.1, 0.15) is 6.42 Å². The molecule has 0 aliphatic rings. The van der Waals surface area contributed by atoms with Crippen LogP contribution in [0.4, 0.5) is 0 Å². The first kappa shape index (κ1) is 4.63. The summed E-state index contributed by atoms with van der Waals surface area (Å²) >= 11 is 0. The van der Waals surface area contributed by atoms with E-state index in [1.807, 2.05) is 0 Å². The molecule has 30 valence electrons. The fourth-order valence-corrected chi connectivity index (χ4v) is 0.0527. The van der Waals surface area contributed by atoms with Crippen LogP contribution in [0.3, 0.4) is 0 Å². The van der Waals surface area contributed by atoms with Crippen molar-refractivity contribution in [3.05, 3.63) is 0 Å². The average Bonchev–Trinajstić information content (AvgIpc) is 1.41. The number of carbonyl (C=O) groups is 1. The van der Waals surface area contributed by atoms with Gasteiger partial charge in [-0.3, -0.25) is 0 Å². The molecule has 1 N–H and O–H groups in total. The van der Waals surface area contributed by atoms with Gasteiger partial charge in [0, 0.05) is 13.0 Å². The molecule has 0 spiro atoms. The molecule has 0 bridgehead atoms. The minimum absolute atomic E-state index is 0.0243. The minimum atomic E-state index is -0.0243. The lowest BCUT2D eigenvalue weighted by Crippen LogP contribution is -1.78. The van der Waals surface area contributed by atoms with Crippen molar-refractivity contribution in [1.29, 1.82) is 0 Å². The van der Waals surface area contributed by atoms with Gasteiger partial charge in [0.15, 0.2) is 0 Å². The maximum atomic E-state index is 9.24. The summed E-state index contributed by atoms with van der Waals surface area (Å²) in [5.74, 6) is 0. The predicted molar refractivity (Wildman–Crippen MR) is 17.8 cm³/mol. The lowest BCUT2D eigenvalue weighted by Gasteiger charge is -1.69. The maximum absolute atomic E-state index is 9.24. The summed E-state index contributed by atoms with van der Waals surface area (Å²) in [6.07, 6.45) is 0.944. The predicted octanol–water partition coefficient (Wildman–Crippen LogP) is -0.432. The molecular formula is C3H6O2. The first-order valence-corrected chi connectivity index (χ1v) is 1.46. The van der Waals surface area contributed by atoms with Crippen LogP contribution in [0.25, 0.3) is 0 Å². The van der Waals surface area contributed by atoms with E-state index in [4.69, 9.17) is 5.11 Å². The van der Waals surface area contributed by atoms with Gasteiger partial charge < -0.3 is 9.90 Å². The highest BCUT2D eigenvalue weighted by Gasteiger charge is 1.67. The third-order valence-electron chi connectivity index (χ3n) is 0.247. The quantitative estimate of drug-likeness (QED) is 0.451. The minimum Gasteiger partial charge on any atom is -0.396 e. The molecule has 0 aliphatic heterocycles. The first-order chi connectivity index (χ1) is 2.41. The van der Waals surface area contributed by atoms with E-state index in [9.17, 15) is 4.79 Å². The molecule has 0 atom stereocenters. The molecular weight excluding hydrogens is 68.0 g/mol. The zero-order valence-electron chi connectivity index (χ0n) is 2.85. The molecule has 0 saturated carbocycles. The SMILES string of the molecule is O=CCCO. The Kier molecular flexibility index (Phi) is 3.36. The summed E-state index contributed by atoms with van der Waals surface area (Å²) in [6.45, 7) is -0.0243. The topological polar surface area (TPSA) is 37.3 Å². The van der Waals surface area contributed by atoms with Crippen molar-refractivity contribution in [1.82, 2.24) is 0 Å². The normalized spacial score (nSPS) is 7.40. The van der Waals surface area contributed by atoms with Gasteiger partial charge in [-0.15, -0.1) is 0 Å². The molecule has 2 heteroatoms. The second kappa shape index (κ2) is 3.63. The molecule has 0 heterocycles. The third kappa shape index (κ3) is 3.63. The molecule has 2 nitrogen and oxygen atoms in total. The van der Waals surface area contributed by atoms with Crippen molar-refractivity contribution in [3.8, 4) is 0 Å². The molecule has 0 unspecified atom stereocenters. The molecule has 0 saturated heterocycles. The molecule has 0 fully saturated rings. The lowest BCUT2D eigenvalue weighted by atomic mass is 10.5. The highest BCUT2D eigenvalue weighted by molar-refractivity contribution is 5.49. The van der Waals surface area contributed by atoms with Crippen molar-refractivity contribution in [2.75, 3.05) is 6.61 Å². The number of aliphatic hydroxyl groups excluding tert-OH is 1. The van der Waals surface area contributed by atoms with E-state index in [1.165, 1.54) is 0 Å². The molecule has 0 aromatic carbocycles. The van der Waals surface area contributed by atoms with Crippen molar-refractivity contribution < 1.29 is 9.90 Å². The van der Waals surface area contributed by atoms with Crippen LogP contribution in [-0.2, 0) is 4.79 Å². The van der Waals surface area contributed by atoms with Crippen LogP contribution in [0.5, 0.6) is 0 Å². The Labute approximate surface area is 30.4 Å². The van der Waals surface area contributed by atoms with Gasteiger partial charge in [-0.05, 0) is 0 Å². The van der Waals surface area contributed by atoms with Crippen LogP contribution >= 0.6 is 0 Å². The highest BCUT2D eigenvalue weighted by atomic mass is 16.3. The van der Waals surface area contributed by atoms with E-state index < -0.39 is 0 Å². The second-order valence-corrected chi connectivity index (χ2v) is 0.679. The summed E-state index contributed by atoms with van der Waals surface area (Å²) in [5.41, 5.74) is 0. The smallest absolute Gasteiger partial charge is 0.122 e. The van der Waals surface area contributed by atoms with Gasteiger partial charge >= 0.3 is 0 Å². The summed E-state index contributed by atoms with van der Waals surface area (Å²) in [5, 5.41) is 7.84. The first-order valence-electron chi connectivity index (χ1n) is 1.46. The van der Waals surface area contributed by atoms with Gasteiger partial charge in [0.1, 0.15) is 6.29 Å². The molecule has 0 aromatic heterocycles. The van der Waals surface area contributed by atoms with Crippen molar-refractivity contribution in [2.24, 2.45) is 0 Å². The Morgan fingerprint density at radius 1 is 1.80 bits per heavy atom. The zero-order valence-corrected chi connectivity index (χ0v) is 2.85. The van der Waals surface area contributed by atoms with E-state index in [2.05, 4.69) is 0 Å². The number of hydrogen-bond donors (Lipinski definition) is 1. The van der Waals surface area contributed by atoms with Gasteiger partial charge in [0.05, 0.1) is 0 Å². The summed E-state index contributed by atoms with van der Waals surface area (Å²) in [6, 6.07) is 0. The number of hydrogen-bond acceptors (Lipinski definition) is 2. The van der Waals surface area contributed by atoms with Gasteiger partial charge in [0.25, 0.3) is 0 Å². The number of carbonyl (C=O) groups excluding carboxylic acids is 1. The number of aldehydes is 1. The Hall–Kier alpha value is -0.370. The summed E-state index contributed by atoms with van der Waals surface area (Å²) < 4.78 is 0. The average molecular weight is 74.1 g/mol. The van der Waals surface area contributed by atoms with E-state index in [1.54, 1.807) is 0 Å². The van der Waals surface area contributed by atoms with Gasteiger partial charge in [-0.25, -0.2) is 0 Å². The van der Waals surface area contributed by atoms with Crippen LogP contribution in [-0.4, -0.2) is 18.0 Å². The maximum Gasteiger partial charge on any atom is 0.122 e. The van der Waals surface area contributed by atoms with Crippen molar-refractivity contribution in [3.63, 3.8) is 0 Å². The van der Waals surface area contributed by atoms with E-state index in [-0.39, 0.29) is 13.0 Å². The zero-order chi connectivity index (χ0) is 4.12. The molecule has 0 amide bonds. The standard InChI is InChI=1S/C3H6O2/c4-2-1-3-5/h2,5H,1,3H2. The molecule has 0 aromatic rings. The van der Waals surface area contributed by atoms with Gasteiger partial charge in [-0.2, -0.15) is 0 Å². The second-order valence-electron chi connectivity index (χ2n) is 0.679. The monoisotopic (exact) mass is 74.0 g/mol. The van der Waals surface area contributed by atoms with Crippen LogP contribution in [0.15, 0.2) is 0 Å². The largest absolute Gasteiger partial charge is 0.396 e.